The number of nitrogens with zero attached hydrogens (tertiary/aromatic N) is 1. The molecule has 0 saturated carbocycles. The first-order chi connectivity index (χ1) is 9.74. The molecule has 0 unspecified atom stereocenters. The Kier molecular flexibility index (Phi) is 3.25. The van der Waals surface area contributed by atoms with E-state index >= 15 is 0 Å². The van der Waals surface area contributed by atoms with E-state index in [1.165, 1.54) is 12.1 Å². The van der Waals surface area contributed by atoms with E-state index in [4.69, 9.17) is 9.47 Å². The van der Waals surface area contributed by atoms with Crippen LogP contribution >= 0.6 is 0 Å². The van der Waals surface area contributed by atoms with Crippen molar-refractivity contribution in [3.8, 4) is 11.5 Å². The number of imidazole rings is 1. The first-order valence-corrected chi connectivity index (χ1v) is 6.15. The predicted molar refractivity (Wildman–Crippen MR) is 73.4 cm³/mol. The van der Waals surface area contributed by atoms with E-state index in [2.05, 4.69) is 9.97 Å². The van der Waals surface area contributed by atoms with Crippen molar-refractivity contribution in [3.05, 3.63) is 54.1 Å². The van der Waals surface area contributed by atoms with Crippen LogP contribution in [0.15, 0.2) is 42.5 Å². The third-order valence-corrected chi connectivity index (χ3v) is 2.93. The Bertz CT molecular complexity index is 722. The molecule has 20 heavy (non-hydrogen) atoms. The van der Waals surface area contributed by atoms with Gasteiger partial charge in [-0.3, -0.25) is 0 Å². The van der Waals surface area contributed by atoms with Crippen LogP contribution in [0, 0.1) is 5.82 Å². The topological polar surface area (TPSA) is 47.1 Å². The molecule has 0 atom stereocenters. The number of hydrogen-bond acceptors (Lipinski definition) is 3. The number of aromatic amines is 1. The van der Waals surface area contributed by atoms with Crippen LogP contribution < -0.4 is 9.47 Å². The van der Waals surface area contributed by atoms with Crippen molar-refractivity contribution in [1.29, 1.82) is 0 Å². The van der Waals surface area contributed by atoms with E-state index in [-0.39, 0.29) is 5.82 Å². The van der Waals surface area contributed by atoms with Gasteiger partial charge in [0.05, 0.1) is 18.1 Å². The van der Waals surface area contributed by atoms with E-state index in [1.54, 1.807) is 19.2 Å². The summed E-state index contributed by atoms with van der Waals surface area (Å²) in [5.41, 5.74) is 1.74. The summed E-state index contributed by atoms with van der Waals surface area (Å²) in [4.78, 5) is 7.57. The van der Waals surface area contributed by atoms with Crippen molar-refractivity contribution in [2.45, 2.75) is 6.61 Å². The zero-order valence-corrected chi connectivity index (χ0v) is 10.9. The maximum atomic E-state index is 12.8. The Hall–Kier alpha value is -2.56. The summed E-state index contributed by atoms with van der Waals surface area (Å²) in [6.07, 6.45) is 0. The average Bonchev–Trinajstić information content (AvgIpc) is 2.88. The van der Waals surface area contributed by atoms with Gasteiger partial charge >= 0.3 is 0 Å². The van der Waals surface area contributed by atoms with Crippen LogP contribution in [0.2, 0.25) is 0 Å². The number of hydrogen-bond donors (Lipinski definition) is 1. The predicted octanol–water partition coefficient (Wildman–Crippen LogP) is 3.29. The van der Waals surface area contributed by atoms with Crippen molar-refractivity contribution in [2.24, 2.45) is 0 Å². The van der Waals surface area contributed by atoms with Crippen LogP contribution in [0.3, 0.4) is 0 Å². The van der Waals surface area contributed by atoms with Crippen LogP contribution in [-0.2, 0) is 6.61 Å². The molecule has 1 aromatic heterocycles. The molecule has 0 amide bonds. The highest BCUT2D eigenvalue weighted by Crippen LogP contribution is 2.19. The van der Waals surface area contributed by atoms with Gasteiger partial charge in [-0.1, -0.05) is 0 Å². The molecule has 0 saturated heterocycles. The summed E-state index contributed by atoms with van der Waals surface area (Å²) in [6, 6.07) is 11.5. The van der Waals surface area contributed by atoms with Gasteiger partial charge in [-0.15, -0.1) is 0 Å². The van der Waals surface area contributed by atoms with Crippen LogP contribution in [0.4, 0.5) is 4.39 Å². The van der Waals surface area contributed by atoms with Gasteiger partial charge in [0.25, 0.3) is 0 Å². The molecule has 1 heterocycles. The molecule has 0 spiro atoms. The molecule has 0 aliphatic carbocycles. The quantitative estimate of drug-likeness (QED) is 0.792. The van der Waals surface area contributed by atoms with Crippen LogP contribution in [0.5, 0.6) is 11.5 Å². The fraction of sp³-hybridized carbons (Fsp3) is 0.133. The number of ether oxygens (including phenoxy) is 2. The molecule has 0 bridgehead atoms. The smallest absolute Gasteiger partial charge is 0.146 e. The van der Waals surface area contributed by atoms with Gasteiger partial charge in [-0.25, -0.2) is 9.37 Å². The third kappa shape index (κ3) is 2.56. The standard InChI is InChI=1S/C15H13FN2O2/c1-19-12-6-7-13-14(8-12)18-15(17-13)9-20-11-4-2-10(16)3-5-11/h2-8H,9H2,1H3,(H,17,18). The normalized spacial score (nSPS) is 10.7. The Labute approximate surface area is 115 Å². The van der Waals surface area contributed by atoms with Gasteiger partial charge in [-0.2, -0.15) is 0 Å². The number of H-pyrrole nitrogens is 1. The minimum atomic E-state index is -0.284. The highest BCUT2D eigenvalue weighted by atomic mass is 19.1. The number of methoxy groups -OCH3 is 1. The number of halogens is 1. The Morgan fingerprint density at radius 2 is 1.85 bits per heavy atom. The molecule has 0 fully saturated rings. The first kappa shape index (κ1) is 12.5. The van der Waals surface area contributed by atoms with Gasteiger partial charge in [-0.05, 0) is 36.4 Å². The number of fused-ring (bicyclic) bond motifs is 1. The summed E-state index contributed by atoms with van der Waals surface area (Å²) >= 11 is 0. The molecule has 3 rings (SSSR count). The van der Waals surface area contributed by atoms with Crippen LogP contribution in [-0.4, -0.2) is 17.1 Å². The number of rotatable bonds is 4. The van der Waals surface area contributed by atoms with Gasteiger partial charge < -0.3 is 14.5 Å². The molecule has 0 radical (unpaired) electrons. The molecule has 102 valence electrons. The molecule has 1 N–H and O–H groups in total. The fourth-order valence-corrected chi connectivity index (χ4v) is 1.92. The number of aromatic nitrogens is 2. The molecule has 0 aliphatic heterocycles. The summed E-state index contributed by atoms with van der Waals surface area (Å²) in [5, 5.41) is 0. The second-order valence-electron chi connectivity index (χ2n) is 4.31. The van der Waals surface area contributed by atoms with E-state index in [0.29, 0.717) is 18.2 Å². The monoisotopic (exact) mass is 272 g/mol. The zero-order chi connectivity index (χ0) is 13.9. The van der Waals surface area contributed by atoms with Crippen LogP contribution in [0.1, 0.15) is 5.82 Å². The SMILES string of the molecule is COc1ccc2nc(COc3ccc(F)cc3)[nH]c2c1. The zero-order valence-electron chi connectivity index (χ0n) is 10.9. The van der Waals surface area contributed by atoms with E-state index in [1.807, 2.05) is 18.2 Å². The molecular formula is C15H13FN2O2. The molecule has 3 aromatic rings. The number of benzene rings is 2. The van der Waals surface area contributed by atoms with Crippen molar-refractivity contribution in [1.82, 2.24) is 9.97 Å². The van der Waals surface area contributed by atoms with Gasteiger partial charge in [0.1, 0.15) is 29.7 Å². The second-order valence-corrected chi connectivity index (χ2v) is 4.31. The highest BCUT2D eigenvalue weighted by molar-refractivity contribution is 5.76. The summed E-state index contributed by atoms with van der Waals surface area (Å²) in [5.74, 6) is 1.79. The van der Waals surface area contributed by atoms with Crippen molar-refractivity contribution in [2.75, 3.05) is 7.11 Å². The van der Waals surface area contributed by atoms with E-state index < -0.39 is 0 Å². The highest BCUT2D eigenvalue weighted by Gasteiger charge is 2.05. The Balaban J connectivity index is 1.75. The van der Waals surface area contributed by atoms with Crippen molar-refractivity contribution >= 4 is 11.0 Å². The lowest BCUT2D eigenvalue weighted by molar-refractivity contribution is 0.297. The minimum absolute atomic E-state index is 0.284. The Morgan fingerprint density at radius 3 is 2.60 bits per heavy atom. The lowest BCUT2D eigenvalue weighted by atomic mass is 10.3. The first-order valence-electron chi connectivity index (χ1n) is 6.15. The minimum Gasteiger partial charge on any atom is -0.497 e. The van der Waals surface area contributed by atoms with E-state index in [0.717, 1.165) is 16.8 Å². The summed E-state index contributed by atoms with van der Waals surface area (Å²) in [7, 11) is 1.62. The lowest BCUT2D eigenvalue weighted by Gasteiger charge is -2.03. The van der Waals surface area contributed by atoms with Crippen molar-refractivity contribution < 1.29 is 13.9 Å². The van der Waals surface area contributed by atoms with Gasteiger partial charge in [0.15, 0.2) is 0 Å². The lowest BCUT2D eigenvalue weighted by Crippen LogP contribution is -1.97. The van der Waals surface area contributed by atoms with Crippen molar-refractivity contribution in [3.63, 3.8) is 0 Å². The summed E-state index contributed by atoms with van der Waals surface area (Å²) < 4.78 is 23.5. The fourth-order valence-electron chi connectivity index (χ4n) is 1.92. The van der Waals surface area contributed by atoms with Gasteiger partial charge in [0, 0.05) is 6.07 Å². The molecular weight excluding hydrogens is 259 g/mol. The number of nitrogens with one attached hydrogen (secondary N) is 1. The average molecular weight is 272 g/mol. The largest absolute Gasteiger partial charge is 0.497 e. The molecule has 5 heteroatoms. The molecule has 2 aromatic carbocycles. The van der Waals surface area contributed by atoms with Crippen LogP contribution in [0.25, 0.3) is 11.0 Å². The summed E-state index contributed by atoms with van der Waals surface area (Å²) in [6.45, 7) is 0.294. The van der Waals surface area contributed by atoms with E-state index in [9.17, 15) is 4.39 Å². The van der Waals surface area contributed by atoms with Gasteiger partial charge in [0.2, 0.25) is 0 Å². The maximum absolute atomic E-state index is 12.8. The third-order valence-electron chi connectivity index (χ3n) is 2.93. The second kappa shape index (κ2) is 5.21. The molecule has 0 aliphatic rings. The Morgan fingerprint density at radius 1 is 1.10 bits per heavy atom. The molecule has 4 nitrogen and oxygen atoms in total. The maximum Gasteiger partial charge on any atom is 0.146 e.